The molecule has 0 saturated carbocycles. The van der Waals surface area contributed by atoms with Crippen molar-refractivity contribution in [1.82, 2.24) is 10.2 Å². The molecule has 44 heavy (non-hydrogen) atoms. The van der Waals surface area contributed by atoms with Crippen molar-refractivity contribution in [3.05, 3.63) is 0 Å². The van der Waals surface area contributed by atoms with E-state index in [1.54, 1.807) is 41.5 Å². The standard InChI is InChI=1S/C32H54N2O10/c1-12-22-32(9)26(33-30(39)44-32)18(5)23(35)16(3)15-31(8,40-11)27(19(6)24(36)20(7)28(38)42-22)43-29-25(37)21(34(10)13-2)14-17(4)41-29/h16-22,25-27,29,37H,12-15H2,1-11H3,(H,33,39)/t16-,17-,18+,19+,20-,21+,22-,25-,26-,27-,29+,31-,32-/m1/s1. The van der Waals surface area contributed by atoms with Gasteiger partial charge in [-0.3, -0.25) is 14.4 Å². The van der Waals surface area contributed by atoms with Crippen LogP contribution in [0.15, 0.2) is 0 Å². The van der Waals surface area contributed by atoms with E-state index < -0.39 is 83.4 Å². The molecule has 0 radical (unpaired) electrons. The van der Waals surface area contributed by atoms with Crippen LogP contribution in [-0.2, 0) is 38.1 Å². The number of hydrogen-bond donors (Lipinski definition) is 2. The highest BCUT2D eigenvalue weighted by molar-refractivity contribution is 6.00. The maximum absolute atomic E-state index is 14.0. The van der Waals surface area contributed by atoms with Crippen LogP contribution in [0.1, 0.15) is 81.6 Å². The molecule has 0 aromatic carbocycles. The molecule has 0 unspecified atom stereocenters. The van der Waals surface area contributed by atoms with E-state index in [2.05, 4.69) is 5.32 Å². The van der Waals surface area contributed by atoms with Crippen LogP contribution in [0, 0.1) is 23.7 Å². The Morgan fingerprint density at radius 3 is 2.23 bits per heavy atom. The average molecular weight is 627 g/mol. The number of methoxy groups -OCH3 is 1. The van der Waals surface area contributed by atoms with Crippen LogP contribution in [0.5, 0.6) is 0 Å². The number of nitrogens with one attached hydrogen (secondary N) is 1. The molecule has 3 fully saturated rings. The van der Waals surface area contributed by atoms with Gasteiger partial charge >= 0.3 is 12.1 Å². The van der Waals surface area contributed by atoms with Gasteiger partial charge in [0.1, 0.15) is 23.9 Å². The van der Waals surface area contributed by atoms with Gasteiger partial charge in [0, 0.05) is 30.9 Å². The predicted molar refractivity (Wildman–Crippen MR) is 161 cm³/mol. The summed E-state index contributed by atoms with van der Waals surface area (Å²) in [6.45, 7) is 16.4. The van der Waals surface area contributed by atoms with Crippen LogP contribution < -0.4 is 5.32 Å². The number of carbonyl (C=O) groups excluding carboxylic acids is 4. The summed E-state index contributed by atoms with van der Waals surface area (Å²) in [5.41, 5.74) is -2.56. The quantitative estimate of drug-likeness (QED) is 0.331. The van der Waals surface area contributed by atoms with Gasteiger partial charge in [-0.2, -0.15) is 0 Å². The molecule has 3 aliphatic heterocycles. The number of fused-ring (bicyclic) bond motifs is 1. The molecule has 0 aliphatic carbocycles. The van der Waals surface area contributed by atoms with Crippen molar-refractivity contribution in [2.75, 3.05) is 20.7 Å². The predicted octanol–water partition coefficient (Wildman–Crippen LogP) is 2.87. The first-order chi connectivity index (χ1) is 20.4. The SMILES string of the molecule is CC[C@H]1OC(=O)[C@H](C)C(=O)[C@H](C)[C@@H](O[C@@H]2O[C@H](C)C[C@H](N(C)CC)[C@H]2O)[C@](C)(OC)C[C@@H](C)C(=O)[C@H](C)[C@H]2NC(=O)O[C@@]21C. The number of ether oxygens (including phenoxy) is 5. The van der Waals surface area contributed by atoms with E-state index in [1.807, 2.05) is 25.8 Å². The maximum atomic E-state index is 14.0. The summed E-state index contributed by atoms with van der Waals surface area (Å²) in [6, 6.07) is -1.03. The summed E-state index contributed by atoms with van der Waals surface area (Å²) in [6.07, 6.45) is -3.94. The Balaban J connectivity index is 2.08. The Morgan fingerprint density at radius 1 is 1.02 bits per heavy atom. The zero-order chi connectivity index (χ0) is 33.3. The van der Waals surface area contributed by atoms with E-state index in [-0.39, 0.29) is 30.8 Å². The summed E-state index contributed by atoms with van der Waals surface area (Å²) < 4.78 is 30.2. The van der Waals surface area contributed by atoms with E-state index >= 15 is 0 Å². The van der Waals surface area contributed by atoms with Crippen molar-refractivity contribution in [2.24, 2.45) is 23.7 Å². The molecule has 0 aromatic heterocycles. The zero-order valence-electron chi connectivity index (χ0n) is 28.2. The topological polar surface area (TPSA) is 150 Å². The van der Waals surface area contributed by atoms with Crippen molar-refractivity contribution in [3.8, 4) is 0 Å². The van der Waals surface area contributed by atoms with E-state index in [0.29, 0.717) is 13.0 Å². The number of carbonyl (C=O) groups is 4. The number of cyclic esters (lactones) is 1. The van der Waals surface area contributed by atoms with Crippen LogP contribution in [0.25, 0.3) is 0 Å². The fourth-order valence-corrected chi connectivity index (χ4v) is 7.34. The highest BCUT2D eigenvalue weighted by Gasteiger charge is 2.57. The minimum atomic E-state index is -1.33. The van der Waals surface area contributed by atoms with Crippen molar-refractivity contribution in [3.63, 3.8) is 0 Å². The Labute approximate surface area is 261 Å². The lowest BCUT2D eigenvalue weighted by molar-refractivity contribution is -0.296. The fourth-order valence-electron chi connectivity index (χ4n) is 7.34. The molecule has 12 nitrogen and oxygen atoms in total. The maximum Gasteiger partial charge on any atom is 0.408 e. The van der Waals surface area contributed by atoms with Crippen LogP contribution >= 0.6 is 0 Å². The largest absolute Gasteiger partial charge is 0.458 e. The Hall–Kier alpha value is -2.12. The highest BCUT2D eigenvalue weighted by Crippen LogP contribution is 2.40. The molecule has 13 atom stereocenters. The highest BCUT2D eigenvalue weighted by atomic mass is 16.7. The number of aliphatic hydroxyl groups excluding tert-OH is 1. The second-order valence-corrected chi connectivity index (χ2v) is 13.5. The van der Waals surface area contributed by atoms with Crippen molar-refractivity contribution in [2.45, 2.75) is 136 Å². The average Bonchev–Trinajstić information content (AvgIpc) is 3.30. The van der Waals surface area contributed by atoms with Gasteiger partial charge in [0.05, 0.1) is 23.9 Å². The Morgan fingerprint density at radius 2 is 1.66 bits per heavy atom. The Kier molecular flexibility index (Phi) is 11.7. The molecule has 252 valence electrons. The molecule has 1 amide bonds. The zero-order valence-corrected chi connectivity index (χ0v) is 28.2. The lowest BCUT2D eigenvalue weighted by atomic mass is 9.73. The van der Waals surface area contributed by atoms with Gasteiger partial charge in [-0.05, 0) is 60.5 Å². The summed E-state index contributed by atoms with van der Waals surface area (Å²) >= 11 is 0. The minimum absolute atomic E-state index is 0.153. The van der Waals surface area contributed by atoms with Gasteiger partial charge in [-0.15, -0.1) is 0 Å². The number of nitrogens with zero attached hydrogens (tertiary/aromatic N) is 1. The molecule has 12 heteroatoms. The normalized spacial score (nSPS) is 44.4. The number of aliphatic hydroxyl groups is 1. The monoisotopic (exact) mass is 626 g/mol. The lowest BCUT2D eigenvalue weighted by Crippen LogP contribution is -2.60. The first-order valence-corrected chi connectivity index (χ1v) is 16.0. The van der Waals surface area contributed by atoms with Crippen molar-refractivity contribution in [1.29, 1.82) is 0 Å². The van der Waals surface area contributed by atoms with E-state index in [4.69, 9.17) is 23.7 Å². The second-order valence-electron chi connectivity index (χ2n) is 13.5. The minimum Gasteiger partial charge on any atom is -0.458 e. The van der Waals surface area contributed by atoms with Gasteiger partial charge in [-0.25, -0.2) is 4.79 Å². The van der Waals surface area contributed by atoms with Gasteiger partial charge in [0.25, 0.3) is 0 Å². The third-order valence-electron chi connectivity index (χ3n) is 10.3. The van der Waals surface area contributed by atoms with Gasteiger partial charge in [0.2, 0.25) is 0 Å². The molecule has 3 aliphatic rings. The lowest BCUT2D eigenvalue weighted by Gasteiger charge is -2.47. The van der Waals surface area contributed by atoms with Crippen LogP contribution in [-0.4, -0.2) is 108 Å². The number of likely N-dealkylation sites (N-methyl/N-ethyl adjacent to an activating group) is 1. The smallest absolute Gasteiger partial charge is 0.408 e. The molecule has 3 saturated heterocycles. The fraction of sp³-hybridized carbons (Fsp3) is 0.875. The molecule has 3 heterocycles. The molecule has 0 aromatic rings. The van der Waals surface area contributed by atoms with Gasteiger partial charge in [-0.1, -0.05) is 34.6 Å². The number of ketones is 2. The second kappa shape index (κ2) is 14.1. The van der Waals surface area contributed by atoms with Crippen LogP contribution in [0.3, 0.4) is 0 Å². The third-order valence-corrected chi connectivity index (χ3v) is 10.3. The molecule has 2 N–H and O–H groups in total. The van der Waals surface area contributed by atoms with Gasteiger partial charge in [0.15, 0.2) is 17.7 Å². The van der Waals surface area contributed by atoms with Crippen molar-refractivity contribution < 1.29 is 48.0 Å². The molecule has 0 bridgehead atoms. The molecular formula is C32H54N2O10. The summed E-state index contributed by atoms with van der Waals surface area (Å²) in [7, 11) is 3.40. The van der Waals surface area contributed by atoms with Crippen LogP contribution in [0.2, 0.25) is 0 Å². The van der Waals surface area contributed by atoms with Crippen LogP contribution in [0.4, 0.5) is 4.79 Å². The molecule has 3 rings (SSSR count). The summed E-state index contributed by atoms with van der Waals surface area (Å²) in [4.78, 5) is 56.0. The molecule has 0 spiro atoms. The number of esters is 1. The number of rotatable bonds is 6. The van der Waals surface area contributed by atoms with E-state index in [0.717, 1.165) is 0 Å². The summed E-state index contributed by atoms with van der Waals surface area (Å²) in [5, 5.41) is 14.1. The van der Waals surface area contributed by atoms with Crippen molar-refractivity contribution >= 4 is 23.6 Å². The number of Topliss-reactive ketones (excluding diaryl/α,β-unsaturated/α-hetero) is 2. The van der Waals surface area contributed by atoms with Gasteiger partial charge < -0.3 is 39.0 Å². The first-order valence-electron chi connectivity index (χ1n) is 16.0. The number of hydrogen-bond acceptors (Lipinski definition) is 11. The number of alkyl carbamates (subject to hydrolysis) is 1. The first kappa shape index (κ1) is 36.3. The number of amides is 1. The molecular weight excluding hydrogens is 572 g/mol. The summed E-state index contributed by atoms with van der Waals surface area (Å²) in [5.74, 6) is -4.79. The van der Waals surface area contributed by atoms with E-state index in [9.17, 15) is 24.3 Å². The Bertz CT molecular complexity index is 1070. The third kappa shape index (κ3) is 6.99. The van der Waals surface area contributed by atoms with E-state index in [1.165, 1.54) is 14.0 Å².